The highest BCUT2D eigenvalue weighted by atomic mass is 35.5. The molecule has 0 aromatic heterocycles. The second-order valence-electron chi connectivity index (χ2n) is 1.56. The summed E-state index contributed by atoms with van der Waals surface area (Å²) in [7, 11) is 0. The summed E-state index contributed by atoms with van der Waals surface area (Å²) in [6.07, 6.45) is 6.02. The fourth-order valence-corrected chi connectivity index (χ4v) is 0.440. The third-order valence-electron chi connectivity index (χ3n) is 0.802. The summed E-state index contributed by atoms with van der Waals surface area (Å²) in [5.41, 5.74) is 0. The molecule has 10 heavy (non-hydrogen) atoms. The molecule has 0 amide bonds. The van der Waals surface area contributed by atoms with E-state index < -0.39 is 0 Å². The third kappa shape index (κ3) is 3.14. The van der Waals surface area contributed by atoms with Crippen LogP contribution in [0.25, 0.3) is 0 Å². The first-order valence-corrected chi connectivity index (χ1v) is 2.57. The summed E-state index contributed by atoms with van der Waals surface area (Å²) in [6.45, 7) is 0.202. The number of halogens is 1. The summed E-state index contributed by atoms with van der Waals surface area (Å²) in [6, 6.07) is 0. The minimum atomic E-state index is 0. The summed E-state index contributed by atoms with van der Waals surface area (Å²) in [5, 5.41) is 8.80. The van der Waals surface area contributed by atoms with Crippen molar-refractivity contribution < 1.29 is 9.84 Å². The molecule has 0 aromatic rings. The van der Waals surface area contributed by atoms with Gasteiger partial charge in [0.1, 0.15) is 12.4 Å². The van der Waals surface area contributed by atoms with Gasteiger partial charge in [-0.1, -0.05) is 0 Å². The van der Waals surface area contributed by atoms with Crippen molar-refractivity contribution in [1.82, 2.24) is 0 Å². The van der Waals surface area contributed by atoms with Gasteiger partial charge in [0.15, 0.2) is 0 Å². The van der Waals surface area contributed by atoms with Crippen LogP contribution in [-0.4, -0.2) is 17.9 Å². The molecular weight excluding hydrogens is 154 g/mol. The van der Waals surface area contributed by atoms with Crippen LogP contribution in [0.15, 0.2) is 29.3 Å². The van der Waals surface area contributed by atoms with Crippen molar-refractivity contribution in [2.45, 2.75) is 0 Å². The first kappa shape index (κ1) is 9.04. The average Bonchev–Trinajstić information content (AvgIpc) is 1.79. The van der Waals surface area contributed by atoms with Gasteiger partial charge in [0, 0.05) is 6.21 Å². The van der Waals surface area contributed by atoms with E-state index >= 15 is 0 Å². The van der Waals surface area contributed by atoms with E-state index in [1.54, 1.807) is 6.08 Å². The Morgan fingerprint density at radius 1 is 1.60 bits per heavy atom. The Bertz CT molecular complexity index is 175. The predicted molar refractivity (Wildman–Crippen MR) is 41.5 cm³/mol. The van der Waals surface area contributed by atoms with Crippen LogP contribution in [0.4, 0.5) is 0 Å². The maximum atomic E-state index is 8.80. The largest absolute Gasteiger partial charge is 0.507 e. The maximum absolute atomic E-state index is 8.80. The molecule has 0 spiro atoms. The van der Waals surface area contributed by atoms with Gasteiger partial charge in [0.2, 0.25) is 0 Å². The number of aliphatic hydroxyl groups is 1. The molecule has 0 aliphatic carbocycles. The van der Waals surface area contributed by atoms with Gasteiger partial charge >= 0.3 is 0 Å². The molecule has 1 rings (SSSR count). The molecule has 1 heterocycles. The first-order valence-electron chi connectivity index (χ1n) is 2.57. The maximum Gasteiger partial charge on any atom is 0.148 e. The van der Waals surface area contributed by atoms with Gasteiger partial charge in [-0.2, -0.15) is 0 Å². The van der Waals surface area contributed by atoms with E-state index in [-0.39, 0.29) is 24.8 Å². The van der Waals surface area contributed by atoms with Crippen LogP contribution >= 0.6 is 12.4 Å². The SMILES string of the molecule is Cl.O/C1=C/N=C\C=C/OC1. The number of aliphatic imine (C=N–C) groups is 1. The summed E-state index contributed by atoms with van der Waals surface area (Å²) in [4.78, 5) is 3.71. The van der Waals surface area contributed by atoms with Crippen molar-refractivity contribution in [3.63, 3.8) is 0 Å². The average molecular weight is 162 g/mol. The lowest BCUT2D eigenvalue weighted by molar-refractivity contribution is 0.222. The molecule has 1 N–H and O–H groups in total. The number of nitrogens with zero attached hydrogens (tertiary/aromatic N) is 1. The molecule has 0 atom stereocenters. The van der Waals surface area contributed by atoms with Crippen LogP contribution in [0.2, 0.25) is 0 Å². The smallest absolute Gasteiger partial charge is 0.148 e. The van der Waals surface area contributed by atoms with Gasteiger partial charge in [-0.3, -0.25) is 4.99 Å². The van der Waals surface area contributed by atoms with Crippen LogP contribution < -0.4 is 0 Å². The molecular formula is C6H8ClNO2. The van der Waals surface area contributed by atoms with E-state index in [4.69, 9.17) is 9.84 Å². The van der Waals surface area contributed by atoms with Crippen LogP contribution in [0.5, 0.6) is 0 Å². The number of allylic oxidation sites excluding steroid dienone is 1. The first-order chi connectivity index (χ1) is 4.39. The standard InChI is InChI=1S/C6H7NO2.ClH/c8-6-4-7-2-1-3-9-5-6;/h1-4,8H,5H2;1H/b3-1-,6-4+,7-2-;. The molecule has 1 aliphatic rings. The molecule has 0 saturated heterocycles. The number of ether oxygens (including phenoxy) is 1. The van der Waals surface area contributed by atoms with Crippen LogP contribution in [-0.2, 0) is 4.74 Å². The third-order valence-corrected chi connectivity index (χ3v) is 0.802. The van der Waals surface area contributed by atoms with E-state index in [1.165, 1.54) is 18.7 Å². The number of rotatable bonds is 0. The normalized spacial score (nSPS) is 27.4. The molecule has 0 radical (unpaired) electrons. The second kappa shape index (κ2) is 4.88. The lowest BCUT2D eigenvalue weighted by atomic mass is 10.5. The predicted octanol–water partition coefficient (Wildman–Crippen LogP) is 1.42. The quantitative estimate of drug-likeness (QED) is 0.584. The molecule has 3 nitrogen and oxygen atoms in total. The van der Waals surface area contributed by atoms with Crippen molar-refractivity contribution in [3.05, 3.63) is 24.3 Å². The summed E-state index contributed by atoms with van der Waals surface area (Å²) < 4.78 is 4.80. The molecule has 4 heteroatoms. The fourth-order valence-electron chi connectivity index (χ4n) is 0.440. The van der Waals surface area contributed by atoms with Crippen molar-refractivity contribution in [1.29, 1.82) is 0 Å². The number of hydrogen-bond donors (Lipinski definition) is 1. The van der Waals surface area contributed by atoms with Crippen LogP contribution in [0.1, 0.15) is 0 Å². The Balaban J connectivity index is 0.000000810. The summed E-state index contributed by atoms with van der Waals surface area (Å²) in [5.74, 6) is 0.135. The van der Waals surface area contributed by atoms with Gasteiger partial charge in [-0.15, -0.1) is 12.4 Å². The zero-order valence-electron chi connectivity index (χ0n) is 5.23. The lowest BCUT2D eigenvalue weighted by Crippen LogP contribution is -1.92. The summed E-state index contributed by atoms with van der Waals surface area (Å²) >= 11 is 0. The van der Waals surface area contributed by atoms with E-state index in [1.807, 2.05) is 0 Å². The van der Waals surface area contributed by atoms with Gasteiger partial charge in [0.05, 0.1) is 12.5 Å². The molecule has 0 aromatic carbocycles. The Labute approximate surface area is 65.1 Å². The molecule has 0 fully saturated rings. The molecule has 56 valence electrons. The Kier molecular flexibility index (Phi) is 4.41. The molecule has 0 saturated carbocycles. The minimum Gasteiger partial charge on any atom is -0.507 e. The zero-order chi connectivity index (χ0) is 6.53. The van der Waals surface area contributed by atoms with Gasteiger partial charge in [-0.05, 0) is 6.08 Å². The van der Waals surface area contributed by atoms with Gasteiger partial charge < -0.3 is 9.84 Å². The molecule has 0 unspecified atom stereocenters. The second-order valence-corrected chi connectivity index (χ2v) is 1.56. The van der Waals surface area contributed by atoms with Gasteiger partial charge in [-0.25, -0.2) is 0 Å². The Morgan fingerprint density at radius 2 is 2.40 bits per heavy atom. The van der Waals surface area contributed by atoms with E-state index in [0.717, 1.165) is 0 Å². The molecule has 1 aliphatic heterocycles. The van der Waals surface area contributed by atoms with E-state index in [0.29, 0.717) is 0 Å². The van der Waals surface area contributed by atoms with Crippen molar-refractivity contribution >= 4 is 18.6 Å². The highest BCUT2D eigenvalue weighted by molar-refractivity contribution is 5.85. The van der Waals surface area contributed by atoms with E-state index in [2.05, 4.69) is 4.99 Å². The highest BCUT2D eigenvalue weighted by Crippen LogP contribution is 1.92. The van der Waals surface area contributed by atoms with Gasteiger partial charge in [0.25, 0.3) is 0 Å². The zero-order valence-corrected chi connectivity index (χ0v) is 6.04. The number of hydrogen-bond acceptors (Lipinski definition) is 3. The Morgan fingerprint density at radius 3 is 3.20 bits per heavy atom. The van der Waals surface area contributed by atoms with Crippen LogP contribution in [0.3, 0.4) is 0 Å². The van der Waals surface area contributed by atoms with E-state index in [9.17, 15) is 0 Å². The molecule has 0 bridgehead atoms. The fraction of sp³-hybridized carbons (Fsp3) is 0.167. The van der Waals surface area contributed by atoms with Crippen molar-refractivity contribution in [2.24, 2.45) is 4.99 Å². The highest BCUT2D eigenvalue weighted by Gasteiger charge is 1.89. The van der Waals surface area contributed by atoms with Crippen LogP contribution in [0, 0.1) is 0 Å². The number of aliphatic hydroxyl groups excluding tert-OH is 1. The lowest BCUT2D eigenvalue weighted by Gasteiger charge is -1.98. The van der Waals surface area contributed by atoms with Crippen molar-refractivity contribution in [3.8, 4) is 0 Å². The monoisotopic (exact) mass is 161 g/mol. The minimum absolute atomic E-state index is 0. The topological polar surface area (TPSA) is 41.8 Å². The van der Waals surface area contributed by atoms with Crippen molar-refractivity contribution in [2.75, 3.05) is 6.61 Å². The Hall–Kier alpha value is -0.960.